The summed E-state index contributed by atoms with van der Waals surface area (Å²) in [5, 5.41) is 6.76. The fraction of sp³-hybridized carbons (Fsp3) is 0.588. The minimum atomic E-state index is 0. The van der Waals surface area contributed by atoms with E-state index in [1.54, 1.807) is 0 Å². The monoisotopic (exact) mass is 418 g/mol. The van der Waals surface area contributed by atoms with Crippen molar-refractivity contribution in [1.82, 2.24) is 15.5 Å². The van der Waals surface area contributed by atoms with Gasteiger partial charge in [0.25, 0.3) is 0 Å². The number of rotatable bonds is 7. The van der Waals surface area contributed by atoms with Crippen LogP contribution in [0, 0.1) is 6.92 Å². The van der Waals surface area contributed by atoms with Gasteiger partial charge in [-0.05, 0) is 45.5 Å². The third kappa shape index (κ3) is 8.58. The van der Waals surface area contributed by atoms with Crippen LogP contribution in [0.3, 0.4) is 0 Å². The molecule has 1 atom stereocenters. The van der Waals surface area contributed by atoms with E-state index in [1.807, 2.05) is 7.05 Å². The quantitative estimate of drug-likeness (QED) is 0.310. The van der Waals surface area contributed by atoms with Gasteiger partial charge in [0, 0.05) is 20.1 Å². The number of aliphatic imine (C=N–C) groups is 1. The van der Waals surface area contributed by atoms with Crippen molar-refractivity contribution < 1.29 is 0 Å². The fourth-order valence-corrected chi connectivity index (χ4v) is 2.17. The molecule has 0 fully saturated rings. The minimum absolute atomic E-state index is 0. The predicted octanol–water partition coefficient (Wildman–Crippen LogP) is 2.83. The van der Waals surface area contributed by atoms with Gasteiger partial charge >= 0.3 is 0 Å². The van der Waals surface area contributed by atoms with Gasteiger partial charge in [0.05, 0.1) is 0 Å². The van der Waals surface area contributed by atoms with E-state index in [2.05, 4.69) is 72.7 Å². The Bertz CT molecular complexity index is 446. The number of hydrogen-bond acceptors (Lipinski definition) is 2. The van der Waals surface area contributed by atoms with Crippen molar-refractivity contribution in [2.75, 3.05) is 40.8 Å². The summed E-state index contributed by atoms with van der Waals surface area (Å²) in [6.07, 6.45) is 1.11. The Labute approximate surface area is 152 Å². The van der Waals surface area contributed by atoms with Crippen molar-refractivity contribution in [2.24, 2.45) is 4.99 Å². The third-order valence-electron chi connectivity index (χ3n) is 3.49. The molecule has 5 heteroatoms. The standard InChI is InChI=1S/C17H30N4.HI/c1-14-8-6-9-16(12-14)15(2)13-20-17(18-3)19-10-7-11-21(4)5;/h6,8-9,12,15H,7,10-11,13H2,1-5H3,(H2,18,19,20);1H. The summed E-state index contributed by atoms with van der Waals surface area (Å²) in [4.78, 5) is 6.46. The molecule has 0 radical (unpaired) electrons. The molecule has 0 aromatic heterocycles. The van der Waals surface area contributed by atoms with E-state index >= 15 is 0 Å². The highest BCUT2D eigenvalue weighted by Crippen LogP contribution is 2.15. The zero-order chi connectivity index (χ0) is 15.7. The average molecular weight is 418 g/mol. The highest BCUT2D eigenvalue weighted by molar-refractivity contribution is 14.0. The maximum Gasteiger partial charge on any atom is 0.190 e. The lowest BCUT2D eigenvalue weighted by Gasteiger charge is -2.17. The topological polar surface area (TPSA) is 39.7 Å². The maximum atomic E-state index is 4.27. The number of aryl methyl sites for hydroxylation is 1. The Morgan fingerprint density at radius 1 is 1.27 bits per heavy atom. The first-order valence-corrected chi connectivity index (χ1v) is 7.68. The summed E-state index contributed by atoms with van der Waals surface area (Å²) < 4.78 is 0. The van der Waals surface area contributed by atoms with E-state index in [0.717, 1.165) is 32.0 Å². The van der Waals surface area contributed by atoms with Crippen LogP contribution in [0.4, 0.5) is 0 Å². The number of nitrogens with zero attached hydrogens (tertiary/aromatic N) is 2. The van der Waals surface area contributed by atoms with E-state index in [-0.39, 0.29) is 24.0 Å². The molecule has 4 nitrogen and oxygen atoms in total. The first-order valence-electron chi connectivity index (χ1n) is 7.68. The molecule has 0 aliphatic carbocycles. The molecule has 0 heterocycles. The molecular formula is C17H31IN4. The zero-order valence-electron chi connectivity index (χ0n) is 14.5. The van der Waals surface area contributed by atoms with Gasteiger partial charge in [0.2, 0.25) is 0 Å². The molecule has 1 aromatic carbocycles. The van der Waals surface area contributed by atoms with E-state index in [9.17, 15) is 0 Å². The molecule has 0 amide bonds. The van der Waals surface area contributed by atoms with Crippen LogP contribution >= 0.6 is 24.0 Å². The molecule has 1 rings (SSSR count). The second-order valence-electron chi connectivity index (χ2n) is 5.85. The number of hydrogen-bond donors (Lipinski definition) is 2. The van der Waals surface area contributed by atoms with Crippen molar-refractivity contribution in [3.63, 3.8) is 0 Å². The number of guanidine groups is 1. The number of halogens is 1. The van der Waals surface area contributed by atoms with Gasteiger partial charge in [0.15, 0.2) is 5.96 Å². The summed E-state index contributed by atoms with van der Waals surface area (Å²) in [7, 11) is 6.01. The Hall–Kier alpha value is -0.820. The van der Waals surface area contributed by atoms with Crippen LogP contribution in [0.25, 0.3) is 0 Å². The van der Waals surface area contributed by atoms with Gasteiger partial charge in [-0.2, -0.15) is 0 Å². The lowest BCUT2D eigenvalue weighted by atomic mass is 9.99. The van der Waals surface area contributed by atoms with Gasteiger partial charge in [-0.1, -0.05) is 36.8 Å². The number of benzene rings is 1. The Balaban J connectivity index is 0.00000441. The smallest absolute Gasteiger partial charge is 0.190 e. The first kappa shape index (κ1) is 21.2. The van der Waals surface area contributed by atoms with Crippen LogP contribution in [0.2, 0.25) is 0 Å². The molecule has 0 spiro atoms. The Kier molecular flexibility index (Phi) is 11.3. The predicted molar refractivity (Wildman–Crippen MR) is 108 cm³/mol. The second-order valence-corrected chi connectivity index (χ2v) is 5.85. The van der Waals surface area contributed by atoms with E-state index in [4.69, 9.17) is 0 Å². The summed E-state index contributed by atoms with van der Waals surface area (Å²) in [5.74, 6) is 1.35. The van der Waals surface area contributed by atoms with E-state index in [1.165, 1.54) is 11.1 Å². The summed E-state index contributed by atoms with van der Waals surface area (Å²) in [6, 6.07) is 8.69. The third-order valence-corrected chi connectivity index (χ3v) is 3.49. The molecule has 1 aromatic rings. The van der Waals surface area contributed by atoms with Gasteiger partial charge in [-0.3, -0.25) is 4.99 Å². The Morgan fingerprint density at radius 2 is 2.00 bits per heavy atom. The van der Waals surface area contributed by atoms with Crippen molar-refractivity contribution in [3.8, 4) is 0 Å². The van der Waals surface area contributed by atoms with Gasteiger partial charge in [0.1, 0.15) is 0 Å². The van der Waals surface area contributed by atoms with Crippen LogP contribution < -0.4 is 10.6 Å². The van der Waals surface area contributed by atoms with Crippen LogP contribution in [0.1, 0.15) is 30.4 Å². The molecular weight excluding hydrogens is 387 g/mol. The SMILES string of the molecule is CN=C(NCCCN(C)C)NCC(C)c1cccc(C)c1.I. The molecule has 2 N–H and O–H groups in total. The molecule has 0 bridgehead atoms. The maximum absolute atomic E-state index is 4.27. The zero-order valence-corrected chi connectivity index (χ0v) is 16.8. The highest BCUT2D eigenvalue weighted by atomic mass is 127. The van der Waals surface area contributed by atoms with Crippen LogP contribution in [0.15, 0.2) is 29.3 Å². The minimum Gasteiger partial charge on any atom is -0.356 e. The summed E-state index contributed by atoms with van der Waals surface area (Å²) >= 11 is 0. The normalized spacial score (nSPS) is 12.7. The summed E-state index contributed by atoms with van der Waals surface area (Å²) in [6.45, 7) is 7.28. The van der Waals surface area contributed by atoms with Gasteiger partial charge < -0.3 is 15.5 Å². The molecule has 126 valence electrons. The number of nitrogens with one attached hydrogen (secondary N) is 2. The van der Waals surface area contributed by atoms with E-state index < -0.39 is 0 Å². The van der Waals surface area contributed by atoms with Crippen molar-refractivity contribution >= 4 is 29.9 Å². The first-order chi connectivity index (χ1) is 10.0. The molecule has 0 saturated carbocycles. The lowest BCUT2D eigenvalue weighted by Crippen LogP contribution is -2.40. The largest absolute Gasteiger partial charge is 0.356 e. The molecule has 1 unspecified atom stereocenters. The van der Waals surface area contributed by atoms with Gasteiger partial charge in [-0.15, -0.1) is 24.0 Å². The fourth-order valence-electron chi connectivity index (χ4n) is 2.17. The molecule has 22 heavy (non-hydrogen) atoms. The average Bonchev–Trinajstić information content (AvgIpc) is 2.46. The van der Waals surface area contributed by atoms with Crippen LogP contribution in [-0.4, -0.2) is 51.6 Å². The second kappa shape index (κ2) is 11.7. The molecule has 0 aliphatic rings. The lowest BCUT2D eigenvalue weighted by molar-refractivity contribution is 0.399. The Morgan fingerprint density at radius 3 is 2.59 bits per heavy atom. The summed E-state index contributed by atoms with van der Waals surface area (Å²) in [5.41, 5.74) is 2.68. The molecule has 0 aliphatic heterocycles. The van der Waals surface area contributed by atoms with Crippen molar-refractivity contribution in [1.29, 1.82) is 0 Å². The molecule has 0 saturated heterocycles. The van der Waals surface area contributed by atoms with Gasteiger partial charge in [-0.25, -0.2) is 0 Å². The van der Waals surface area contributed by atoms with Crippen LogP contribution in [-0.2, 0) is 0 Å². The van der Waals surface area contributed by atoms with Crippen LogP contribution in [0.5, 0.6) is 0 Å². The van der Waals surface area contributed by atoms with Crippen molar-refractivity contribution in [3.05, 3.63) is 35.4 Å². The van der Waals surface area contributed by atoms with Crippen molar-refractivity contribution in [2.45, 2.75) is 26.2 Å². The highest BCUT2D eigenvalue weighted by Gasteiger charge is 2.06. The van der Waals surface area contributed by atoms with E-state index in [0.29, 0.717) is 5.92 Å².